The molecule has 2 aromatic rings. The topological polar surface area (TPSA) is 50.0 Å². The highest BCUT2D eigenvalue weighted by atomic mass is 127. The lowest BCUT2D eigenvalue weighted by molar-refractivity contribution is 0.129. The van der Waals surface area contributed by atoms with E-state index in [1.165, 1.54) is 0 Å². The maximum Gasteiger partial charge on any atom is 0.194 e. The van der Waals surface area contributed by atoms with Crippen molar-refractivity contribution in [2.45, 2.75) is 51.7 Å². The Labute approximate surface area is 185 Å². The van der Waals surface area contributed by atoms with Crippen LogP contribution in [0.1, 0.15) is 38.9 Å². The fraction of sp³-hybridized carbons (Fsp3) is 0.500. The Morgan fingerprint density at radius 2 is 1.96 bits per heavy atom. The highest BCUT2D eigenvalue weighted by molar-refractivity contribution is 14.0. The van der Waals surface area contributed by atoms with Gasteiger partial charge in [0.1, 0.15) is 17.6 Å². The highest BCUT2D eigenvalue weighted by Gasteiger charge is 2.23. The van der Waals surface area contributed by atoms with Crippen LogP contribution in [0.2, 0.25) is 0 Å². The van der Waals surface area contributed by atoms with E-state index >= 15 is 0 Å². The molecule has 1 N–H and O–H groups in total. The molecule has 0 aliphatic carbocycles. The summed E-state index contributed by atoms with van der Waals surface area (Å²) in [4.78, 5) is 7.21. The summed E-state index contributed by atoms with van der Waals surface area (Å²) in [6.45, 7) is 7.04. The molecule has 2 heterocycles. The van der Waals surface area contributed by atoms with Crippen LogP contribution < -0.4 is 10.1 Å². The predicted octanol–water partition coefficient (Wildman–Crippen LogP) is 4.73. The fourth-order valence-corrected chi connectivity index (χ4v) is 3.16. The lowest BCUT2D eigenvalue weighted by atomic mass is 10.1. The van der Waals surface area contributed by atoms with Crippen molar-refractivity contribution < 1.29 is 9.15 Å². The molecular formula is C22H32IN3O2. The largest absolute Gasteiger partial charge is 0.490 e. The highest BCUT2D eigenvalue weighted by Crippen LogP contribution is 2.19. The zero-order valence-electron chi connectivity index (χ0n) is 16.8. The molecule has 1 aromatic carbocycles. The Morgan fingerprint density at radius 3 is 2.61 bits per heavy atom. The molecule has 3 rings (SSSR count). The number of aliphatic imine (C=N–C) groups is 1. The third-order valence-corrected chi connectivity index (χ3v) is 4.98. The molecule has 0 spiro atoms. The Kier molecular flexibility index (Phi) is 9.67. The van der Waals surface area contributed by atoms with Gasteiger partial charge < -0.3 is 19.4 Å². The van der Waals surface area contributed by atoms with Gasteiger partial charge >= 0.3 is 0 Å². The number of nitrogens with zero attached hydrogens (tertiary/aromatic N) is 2. The molecule has 28 heavy (non-hydrogen) atoms. The molecule has 0 amide bonds. The second kappa shape index (κ2) is 12.0. The molecule has 1 saturated heterocycles. The van der Waals surface area contributed by atoms with Crippen molar-refractivity contribution >= 4 is 29.9 Å². The number of halogens is 1. The smallest absolute Gasteiger partial charge is 0.194 e. The quantitative estimate of drug-likeness (QED) is 0.342. The van der Waals surface area contributed by atoms with Gasteiger partial charge in [0.25, 0.3) is 0 Å². The lowest BCUT2D eigenvalue weighted by Gasteiger charge is -2.35. The van der Waals surface area contributed by atoms with Crippen LogP contribution in [-0.4, -0.2) is 42.6 Å². The Bertz CT molecular complexity index is 683. The molecule has 6 heteroatoms. The average Bonchev–Trinajstić information content (AvgIpc) is 3.22. The third-order valence-electron chi connectivity index (χ3n) is 4.98. The summed E-state index contributed by atoms with van der Waals surface area (Å²) in [5.41, 5.74) is 0. The van der Waals surface area contributed by atoms with Crippen LogP contribution >= 0.6 is 24.0 Å². The van der Waals surface area contributed by atoms with Gasteiger partial charge in [0.2, 0.25) is 0 Å². The molecule has 0 radical (unpaired) electrons. The van der Waals surface area contributed by atoms with Crippen molar-refractivity contribution in [3.05, 3.63) is 54.5 Å². The summed E-state index contributed by atoms with van der Waals surface area (Å²) in [7, 11) is 0. The number of rotatable bonds is 7. The van der Waals surface area contributed by atoms with Crippen LogP contribution in [0.5, 0.6) is 5.75 Å². The van der Waals surface area contributed by atoms with Gasteiger partial charge in [-0.15, -0.1) is 24.0 Å². The Balaban J connectivity index is 0.00000280. The summed E-state index contributed by atoms with van der Waals surface area (Å²) in [5, 5.41) is 3.59. The normalized spacial score (nSPS) is 16.4. The molecule has 154 valence electrons. The van der Waals surface area contributed by atoms with E-state index in [1.54, 1.807) is 6.26 Å². The Hall–Kier alpha value is -1.70. The van der Waals surface area contributed by atoms with Crippen molar-refractivity contribution in [1.29, 1.82) is 0 Å². The minimum Gasteiger partial charge on any atom is -0.490 e. The van der Waals surface area contributed by atoms with Gasteiger partial charge in [-0.05, 0) is 37.6 Å². The molecule has 1 atom stereocenters. The zero-order valence-corrected chi connectivity index (χ0v) is 19.2. The van der Waals surface area contributed by atoms with E-state index in [1.807, 2.05) is 42.5 Å². The number of ether oxygens (including phenoxy) is 1. The molecule has 0 bridgehead atoms. The van der Waals surface area contributed by atoms with Crippen LogP contribution in [-0.2, 0) is 6.42 Å². The van der Waals surface area contributed by atoms with Crippen LogP contribution in [0.25, 0.3) is 0 Å². The van der Waals surface area contributed by atoms with Gasteiger partial charge in [-0.1, -0.05) is 25.1 Å². The summed E-state index contributed by atoms with van der Waals surface area (Å²) < 4.78 is 11.5. The number of para-hydroxylation sites is 1. The summed E-state index contributed by atoms with van der Waals surface area (Å²) in [5.74, 6) is 2.95. The number of guanidine groups is 1. The van der Waals surface area contributed by atoms with Gasteiger partial charge in [0, 0.05) is 44.9 Å². The molecule has 5 nitrogen and oxygen atoms in total. The average molecular weight is 497 g/mol. The number of piperidine rings is 1. The summed E-state index contributed by atoms with van der Waals surface area (Å²) >= 11 is 0. The van der Waals surface area contributed by atoms with Crippen LogP contribution in [0, 0.1) is 0 Å². The number of hydrogen-bond donors (Lipinski definition) is 1. The fourth-order valence-electron chi connectivity index (χ4n) is 3.16. The maximum atomic E-state index is 6.12. The first kappa shape index (κ1) is 22.6. The summed E-state index contributed by atoms with van der Waals surface area (Å²) in [6.07, 6.45) is 5.91. The predicted molar refractivity (Wildman–Crippen MR) is 125 cm³/mol. The zero-order chi connectivity index (χ0) is 18.9. The molecule has 1 aromatic heterocycles. The van der Waals surface area contributed by atoms with Crippen molar-refractivity contribution in [3.8, 4) is 5.75 Å². The first-order valence-corrected chi connectivity index (χ1v) is 10.0. The third kappa shape index (κ3) is 7.04. The van der Waals surface area contributed by atoms with E-state index in [9.17, 15) is 0 Å². The number of furan rings is 1. The van der Waals surface area contributed by atoms with Gasteiger partial charge in [0.15, 0.2) is 5.96 Å². The molecule has 1 unspecified atom stereocenters. The van der Waals surface area contributed by atoms with Crippen molar-refractivity contribution in [2.24, 2.45) is 4.99 Å². The van der Waals surface area contributed by atoms with E-state index in [-0.39, 0.29) is 30.1 Å². The second-order valence-electron chi connectivity index (χ2n) is 7.11. The van der Waals surface area contributed by atoms with E-state index in [4.69, 9.17) is 14.1 Å². The van der Waals surface area contributed by atoms with E-state index < -0.39 is 0 Å². The maximum absolute atomic E-state index is 6.12. The minimum absolute atomic E-state index is 0. The van der Waals surface area contributed by atoms with Gasteiger partial charge in [-0.25, -0.2) is 0 Å². The van der Waals surface area contributed by atoms with Gasteiger partial charge in [-0.2, -0.15) is 0 Å². The minimum atomic E-state index is 0. The molecule has 1 aliphatic heterocycles. The number of hydrogen-bond acceptors (Lipinski definition) is 3. The van der Waals surface area contributed by atoms with E-state index in [0.717, 1.165) is 62.8 Å². The first-order valence-electron chi connectivity index (χ1n) is 10.0. The molecular weight excluding hydrogens is 465 g/mol. The Morgan fingerprint density at radius 1 is 1.21 bits per heavy atom. The van der Waals surface area contributed by atoms with Gasteiger partial charge in [0.05, 0.1) is 6.26 Å². The number of likely N-dealkylation sites (tertiary alicyclic amines) is 1. The van der Waals surface area contributed by atoms with E-state index in [2.05, 4.69) is 24.1 Å². The molecule has 1 aliphatic rings. The van der Waals surface area contributed by atoms with Crippen LogP contribution in [0.3, 0.4) is 0 Å². The van der Waals surface area contributed by atoms with Crippen molar-refractivity contribution in [1.82, 2.24) is 10.2 Å². The van der Waals surface area contributed by atoms with Crippen LogP contribution in [0.15, 0.2) is 58.1 Å². The first-order chi connectivity index (χ1) is 13.2. The summed E-state index contributed by atoms with van der Waals surface area (Å²) in [6, 6.07) is 14.4. The monoisotopic (exact) mass is 497 g/mol. The second-order valence-corrected chi connectivity index (χ2v) is 7.11. The number of benzene rings is 1. The standard InChI is InChI=1S/C22H31N3O2.HI/c1-3-18(2)24-22(23-14-11-19-10-7-17-26-19)25-15-12-21(13-16-25)27-20-8-5-4-6-9-20;/h4-10,17-18,21H,3,11-16H2,1-2H3,(H,23,24);1H. The van der Waals surface area contributed by atoms with Crippen molar-refractivity contribution in [2.75, 3.05) is 19.6 Å². The van der Waals surface area contributed by atoms with E-state index in [0.29, 0.717) is 6.04 Å². The molecule has 1 fully saturated rings. The number of nitrogens with one attached hydrogen (secondary N) is 1. The van der Waals surface area contributed by atoms with Crippen LogP contribution in [0.4, 0.5) is 0 Å². The van der Waals surface area contributed by atoms with Crippen molar-refractivity contribution in [3.63, 3.8) is 0 Å². The molecule has 0 saturated carbocycles. The van der Waals surface area contributed by atoms with Gasteiger partial charge in [-0.3, -0.25) is 4.99 Å². The lowest BCUT2D eigenvalue weighted by Crippen LogP contribution is -2.49. The SMILES string of the molecule is CCC(C)NC(=NCCc1ccco1)N1CCC(Oc2ccccc2)CC1.I.